The second kappa shape index (κ2) is 5.17. The van der Waals surface area contributed by atoms with Crippen LogP contribution in [0, 0.1) is 5.92 Å². The maximum atomic E-state index is 12.5. The Balaban J connectivity index is 1.85. The van der Waals surface area contributed by atoms with Gasteiger partial charge in [0.15, 0.2) is 5.78 Å². The fraction of sp³-hybridized carbons (Fsp3) is 0.438. The van der Waals surface area contributed by atoms with E-state index < -0.39 is 0 Å². The smallest absolute Gasteiger partial charge is 0.165 e. The van der Waals surface area contributed by atoms with Crippen LogP contribution >= 0.6 is 0 Å². The number of nitrogens with one attached hydrogen (secondary N) is 1. The molecule has 1 saturated heterocycles. The number of fused-ring (bicyclic) bond motifs is 1. The summed E-state index contributed by atoms with van der Waals surface area (Å²) in [4.78, 5) is 12.5. The third kappa shape index (κ3) is 2.43. The molecule has 1 N–H and O–H groups in total. The van der Waals surface area contributed by atoms with E-state index in [1.165, 1.54) is 12.8 Å². The third-order valence-electron chi connectivity index (χ3n) is 4.07. The van der Waals surface area contributed by atoms with Crippen molar-refractivity contribution >= 4 is 16.7 Å². The average Bonchev–Trinajstić information content (AvgIpc) is 2.78. The minimum atomic E-state index is 0.283. The minimum Gasteiger partial charge on any atom is -0.350 e. The molecule has 0 amide bonds. The van der Waals surface area contributed by atoms with Crippen LogP contribution in [0.15, 0.2) is 30.5 Å². The van der Waals surface area contributed by atoms with Gasteiger partial charge in [-0.2, -0.15) is 0 Å². The molecular formula is C16H20N2O. The van der Waals surface area contributed by atoms with Gasteiger partial charge >= 0.3 is 0 Å². The van der Waals surface area contributed by atoms with Crippen molar-refractivity contribution in [3.63, 3.8) is 0 Å². The number of aromatic nitrogens is 1. The van der Waals surface area contributed by atoms with Crippen LogP contribution in [-0.4, -0.2) is 23.4 Å². The van der Waals surface area contributed by atoms with Crippen LogP contribution in [0.5, 0.6) is 0 Å². The molecule has 0 saturated carbocycles. The molecule has 0 radical (unpaired) electrons. The number of para-hydroxylation sites is 1. The van der Waals surface area contributed by atoms with E-state index in [1.807, 2.05) is 36.0 Å². The van der Waals surface area contributed by atoms with Crippen LogP contribution in [0.3, 0.4) is 0 Å². The standard InChI is InChI=1S/C16H20N2O/c1-18-11-14(13-6-2-3-7-15(13)18)16(19)9-12-5-4-8-17-10-12/h2-3,6-7,11-12,17H,4-5,8-10H2,1H3. The first-order valence-corrected chi connectivity index (χ1v) is 7.03. The van der Waals surface area contributed by atoms with Gasteiger partial charge in [-0.3, -0.25) is 4.79 Å². The molecule has 3 rings (SSSR count). The number of hydrogen-bond donors (Lipinski definition) is 1. The quantitative estimate of drug-likeness (QED) is 0.857. The molecule has 19 heavy (non-hydrogen) atoms. The lowest BCUT2D eigenvalue weighted by Gasteiger charge is -2.21. The number of hydrogen-bond acceptors (Lipinski definition) is 2. The van der Waals surface area contributed by atoms with Crippen molar-refractivity contribution in [3.8, 4) is 0 Å². The van der Waals surface area contributed by atoms with E-state index >= 15 is 0 Å². The second-order valence-electron chi connectivity index (χ2n) is 5.51. The van der Waals surface area contributed by atoms with E-state index in [-0.39, 0.29) is 5.78 Å². The van der Waals surface area contributed by atoms with Crippen molar-refractivity contribution in [2.24, 2.45) is 13.0 Å². The fourth-order valence-electron chi connectivity index (χ4n) is 3.03. The normalized spacial score (nSPS) is 19.7. The van der Waals surface area contributed by atoms with Gasteiger partial charge in [0.25, 0.3) is 0 Å². The zero-order chi connectivity index (χ0) is 13.2. The van der Waals surface area contributed by atoms with E-state index in [2.05, 4.69) is 11.4 Å². The van der Waals surface area contributed by atoms with Crippen LogP contribution < -0.4 is 5.32 Å². The Morgan fingerprint density at radius 2 is 2.26 bits per heavy atom. The first-order chi connectivity index (χ1) is 9.25. The lowest BCUT2D eigenvalue weighted by molar-refractivity contribution is 0.0955. The molecule has 1 aliphatic rings. The number of Topliss-reactive ketones (excluding diaryl/α,β-unsaturated/α-hetero) is 1. The summed E-state index contributed by atoms with van der Waals surface area (Å²) in [6, 6.07) is 8.12. The summed E-state index contributed by atoms with van der Waals surface area (Å²) in [6.07, 6.45) is 5.00. The Morgan fingerprint density at radius 1 is 1.42 bits per heavy atom. The highest BCUT2D eigenvalue weighted by atomic mass is 16.1. The Labute approximate surface area is 113 Å². The van der Waals surface area contributed by atoms with Crippen molar-refractivity contribution in [2.45, 2.75) is 19.3 Å². The topological polar surface area (TPSA) is 34.0 Å². The van der Waals surface area contributed by atoms with Gasteiger partial charge < -0.3 is 9.88 Å². The van der Waals surface area contributed by atoms with Gasteiger partial charge in [0.2, 0.25) is 0 Å². The Bertz CT molecular complexity index is 594. The predicted molar refractivity (Wildman–Crippen MR) is 77.5 cm³/mol. The monoisotopic (exact) mass is 256 g/mol. The van der Waals surface area contributed by atoms with Crippen molar-refractivity contribution in [1.82, 2.24) is 9.88 Å². The van der Waals surface area contributed by atoms with Gasteiger partial charge in [-0.1, -0.05) is 18.2 Å². The van der Waals surface area contributed by atoms with Crippen LogP contribution in [0.25, 0.3) is 10.9 Å². The van der Waals surface area contributed by atoms with Gasteiger partial charge in [0.05, 0.1) is 0 Å². The zero-order valence-electron chi connectivity index (χ0n) is 11.4. The lowest BCUT2D eigenvalue weighted by atomic mass is 9.92. The van der Waals surface area contributed by atoms with Crippen molar-refractivity contribution in [3.05, 3.63) is 36.0 Å². The molecule has 0 bridgehead atoms. The molecular weight excluding hydrogens is 236 g/mol. The summed E-state index contributed by atoms with van der Waals surface area (Å²) in [5.74, 6) is 0.783. The molecule has 1 aromatic carbocycles. The molecule has 1 unspecified atom stereocenters. The van der Waals surface area contributed by atoms with Gasteiger partial charge in [-0.25, -0.2) is 0 Å². The number of aryl methyl sites for hydroxylation is 1. The Kier molecular flexibility index (Phi) is 3.38. The summed E-state index contributed by atoms with van der Waals surface area (Å²) < 4.78 is 2.04. The van der Waals surface area contributed by atoms with Gasteiger partial charge in [0.1, 0.15) is 0 Å². The van der Waals surface area contributed by atoms with Crippen LogP contribution in [0.4, 0.5) is 0 Å². The number of rotatable bonds is 3. The number of benzene rings is 1. The van der Waals surface area contributed by atoms with Crippen molar-refractivity contribution < 1.29 is 4.79 Å². The molecule has 100 valence electrons. The van der Waals surface area contributed by atoms with Gasteiger partial charge in [-0.05, 0) is 37.9 Å². The van der Waals surface area contributed by atoms with Crippen molar-refractivity contribution in [1.29, 1.82) is 0 Å². The maximum absolute atomic E-state index is 12.5. The maximum Gasteiger partial charge on any atom is 0.165 e. The van der Waals surface area contributed by atoms with E-state index in [9.17, 15) is 4.79 Å². The van der Waals surface area contributed by atoms with Crippen LogP contribution in [-0.2, 0) is 7.05 Å². The molecule has 3 heteroatoms. The molecule has 0 spiro atoms. The molecule has 1 atom stereocenters. The predicted octanol–water partition coefficient (Wildman–Crippen LogP) is 2.75. The molecule has 3 nitrogen and oxygen atoms in total. The number of carbonyl (C=O) groups excluding carboxylic acids is 1. The summed E-state index contributed by atoms with van der Waals surface area (Å²) in [5, 5.41) is 4.46. The number of piperidine rings is 1. The number of carbonyl (C=O) groups is 1. The summed E-state index contributed by atoms with van der Waals surface area (Å²) in [5.41, 5.74) is 2.01. The van der Waals surface area contributed by atoms with Gasteiger partial charge in [-0.15, -0.1) is 0 Å². The highest BCUT2D eigenvalue weighted by Gasteiger charge is 2.20. The number of ketones is 1. The highest BCUT2D eigenvalue weighted by molar-refractivity contribution is 6.08. The molecule has 1 aromatic heterocycles. The summed E-state index contributed by atoms with van der Waals surface area (Å²) in [7, 11) is 2.00. The van der Waals surface area contributed by atoms with Gasteiger partial charge in [0, 0.05) is 36.1 Å². The average molecular weight is 256 g/mol. The Hall–Kier alpha value is -1.61. The Morgan fingerprint density at radius 3 is 3.05 bits per heavy atom. The highest BCUT2D eigenvalue weighted by Crippen LogP contribution is 2.24. The SMILES string of the molecule is Cn1cc(C(=O)CC2CCCNC2)c2ccccc21. The van der Waals surface area contributed by atoms with E-state index in [4.69, 9.17) is 0 Å². The second-order valence-corrected chi connectivity index (χ2v) is 5.51. The van der Waals surface area contributed by atoms with E-state index in [0.717, 1.165) is 29.6 Å². The molecule has 2 heterocycles. The summed E-state index contributed by atoms with van der Waals surface area (Å²) >= 11 is 0. The third-order valence-corrected chi connectivity index (χ3v) is 4.07. The largest absolute Gasteiger partial charge is 0.350 e. The lowest BCUT2D eigenvalue weighted by Crippen LogP contribution is -2.31. The van der Waals surface area contributed by atoms with E-state index in [0.29, 0.717) is 12.3 Å². The van der Waals surface area contributed by atoms with E-state index in [1.54, 1.807) is 0 Å². The van der Waals surface area contributed by atoms with Crippen LogP contribution in [0.2, 0.25) is 0 Å². The summed E-state index contributed by atoms with van der Waals surface area (Å²) in [6.45, 7) is 2.08. The molecule has 1 aliphatic heterocycles. The number of nitrogens with zero attached hydrogens (tertiary/aromatic N) is 1. The first kappa shape index (κ1) is 12.4. The van der Waals surface area contributed by atoms with Crippen LogP contribution in [0.1, 0.15) is 29.6 Å². The first-order valence-electron chi connectivity index (χ1n) is 7.03. The van der Waals surface area contributed by atoms with Crippen molar-refractivity contribution in [2.75, 3.05) is 13.1 Å². The minimum absolute atomic E-state index is 0.283. The zero-order valence-corrected chi connectivity index (χ0v) is 11.4. The molecule has 1 fully saturated rings. The fourth-order valence-corrected chi connectivity index (χ4v) is 3.03. The molecule has 0 aliphatic carbocycles. The molecule has 2 aromatic rings.